The standard InChI is InChI=1S/C26H29F3O3/c27-26(28,29)16-10-5-3-1-2-4-9-13-21-17-25(30)32-24-18-22(14-15-23(21)24)31-19-20-11-7-6-8-12-20/h6-8,11-12,14-15,17-18H,1-5,9-10,13,16,19H2. The number of unbranched alkanes of at least 4 members (excludes halogenated alkanes) is 6. The van der Waals surface area contributed by atoms with E-state index < -0.39 is 12.6 Å². The Balaban J connectivity index is 1.46. The first-order valence-electron chi connectivity index (χ1n) is 11.2. The van der Waals surface area contributed by atoms with E-state index in [9.17, 15) is 18.0 Å². The molecule has 6 heteroatoms. The van der Waals surface area contributed by atoms with Crippen LogP contribution in [0.2, 0.25) is 0 Å². The topological polar surface area (TPSA) is 39.4 Å². The lowest BCUT2D eigenvalue weighted by atomic mass is 10.0. The van der Waals surface area contributed by atoms with Gasteiger partial charge in [0.15, 0.2) is 0 Å². The summed E-state index contributed by atoms with van der Waals surface area (Å²) in [5.41, 5.74) is 2.15. The van der Waals surface area contributed by atoms with Gasteiger partial charge in [-0.2, -0.15) is 13.2 Å². The highest BCUT2D eigenvalue weighted by Crippen LogP contribution is 2.25. The van der Waals surface area contributed by atoms with E-state index in [1.165, 1.54) is 0 Å². The van der Waals surface area contributed by atoms with Gasteiger partial charge in [0.05, 0.1) is 0 Å². The summed E-state index contributed by atoms with van der Waals surface area (Å²) in [5, 5.41) is 0.906. The Morgan fingerprint density at radius 2 is 1.50 bits per heavy atom. The Morgan fingerprint density at radius 1 is 0.812 bits per heavy atom. The number of halogens is 3. The summed E-state index contributed by atoms with van der Waals surface area (Å²) in [4.78, 5) is 12.0. The maximum absolute atomic E-state index is 12.1. The molecule has 0 saturated carbocycles. The third kappa shape index (κ3) is 8.06. The molecule has 3 nitrogen and oxygen atoms in total. The number of hydrogen-bond donors (Lipinski definition) is 0. The fraction of sp³-hybridized carbons (Fsp3) is 0.423. The van der Waals surface area contributed by atoms with Crippen molar-refractivity contribution in [2.75, 3.05) is 0 Å². The summed E-state index contributed by atoms with van der Waals surface area (Å²) in [7, 11) is 0. The van der Waals surface area contributed by atoms with Crippen molar-refractivity contribution in [3.05, 3.63) is 76.1 Å². The highest BCUT2D eigenvalue weighted by atomic mass is 19.4. The SMILES string of the molecule is O=c1cc(CCCCCCCCCC(F)(F)F)c2ccc(OCc3ccccc3)cc2o1. The zero-order valence-corrected chi connectivity index (χ0v) is 18.1. The molecule has 0 aliphatic rings. The number of rotatable bonds is 12. The predicted molar refractivity (Wildman–Crippen MR) is 120 cm³/mol. The summed E-state index contributed by atoms with van der Waals surface area (Å²) >= 11 is 0. The van der Waals surface area contributed by atoms with E-state index in [0.29, 0.717) is 24.4 Å². The van der Waals surface area contributed by atoms with Gasteiger partial charge in [-0.15, -0.1) is 0 Å². The first-order chi connectivity index (χ1) is 15.4. The molecule has 3 aromatic rings. The molecular formula is C26H29F3O3. The molecule has 0 unspecified atom stereocenters. The van der Waals surface area contributed by atoms with Gasteiger partial charge < -0.3 is 9.15 Å². The van der Waals surface area contributed by atoms with E-state index in [4.69, 9.17) is 9.15 Å². The second-order valence-electron chi connectivity index (χ2n) is 8.11. The second-order valence-corrected chi connectivity index (χ2v) is 8.11. The maximum Gasteiger partial charge on any atom is 0.389 e. The lowest BCUT2D eigenvalue weighted by Gasteiger charge is -2.09. The summed E-state index contributed by atoms with van der Waals surface area (Å²) in [6.07, 6.45) is 1.55. The van der Waals surface area contributed by atoms with Gasteiger partial charge in [0.25, 0.3) is 0 Å². The summed E-state index contributed by atoms with van der Waals surface area (Å²) in [6, 6.07) is 17.0. The van der Waals surface area contributed by atoms with Gasteiger partial charge in [-0.3, -0.25) is 0 Å². The fourth-order valence-electron chi connectivity index (χ4n) is 3.77. The lowest BCUT2D eigenvalue weighted by Crippen LogP contribution is -2.06. The molecular weight excluding hydrogens is 417 g/mol. The van der Waals surface area contributed by atoms with Crippen molar-refractivity contribution in [1.29, 1.82) is 0 Å². The molecule has 0 aliphatic heterocycles. The highest BCUT2D eigenvalue weighted by molar-refractivity contribution is 5.81. The van der Waals surface area contributed by atoms with Crippen LogP contribution in [-0.4, -0.2) is 6.18 Å². The highest BCUT2D eigenvalue weighted by Gasteiger charge is 2.25. The summed E-state index contributed by atoms with van der Waals surface area (Å²) in [5.74, 6) is 0.646. The molecule has 0 bridgehead atoms. The number of hydrogen-bond acceptors (Lipinski definition) is 3. The minimum atomic E-state index is -4.04. The smallest absolute Gasteiger partial charge is 0.389 e. The largest absolute Gasteiger partial charge is 0.489 e. The van der Waals surface area contributed by atoms with Crippen LogP contribution >= 0.6 is 0 Å². The molecule has 0 amide bonds. The van der Waals surface area contributed by atoms with Crippen LogP contribution in [0.15, 0.2) is 63.8 Å². The zero-order valence-electron chi connectivity index (χ0n) is 18.1. The van der Waals surface area contributed by atoms with E-state index in [0.717, 1.165) is 55.0 Å². The van der Waals surface area contributed by atoms with Crippen LogP contribution in [0.1, 0.15) is 62.5 Å². The number of fused-ring (bicyclic) bond motifs is 1. The number of ether oxygens (including phenoxy) is 1. The lowest BCUT2D eigenvalue weighted by molar-refractivity contribution is -0.135. The van der Waals surface area contributed by atoms with Crippen LogP contribution in [0.3, 0.4) is 0 Å². The second kappa shape index (κ2) is 11.7. The maximum atomic E-state index is 12.1. The summed E-state index contributed by atoms with van der Waals surface area (Å²) in [6.45, 7) is 0.437. The van der Waals surface area contributed by atoms with Crippen LogP contribution < -0.4 is 10.4 Å². The monoisotopic (exact) mass is 446 g/mol. The van der Waals surface area contributed by atoms with Crippen molar-refractivity contribution in [2.24, 2.45) is 0 Å². The minimum Gasteiger partial charge on any atom is -0.489 e. The van der Waals surface area contributed by atoms with Gasteiger partial charge >= 0.3 is 11.8 Å². The molecule has 1 aromatic heterocycles. The van der Waals surface area contributed by atoms with Crippen LogP contribution in [0, 0.1) is 0 Å². The van der Waals surface area contributed by atoms with Crippen LogP contribution in [0.25, 0.3) is 11.0 Å². The number of benzene rings is 2. The third-order valence-electron chi connectivity index (χ3n) is 5.46. The van der Waals surface area contributed by atoms with Crippen molar-refractivity contribution >= 4 is 11.0 Å². The molecule has 0 aliphatic carbocycles. The van der Waals surface area contributed by atoms with Crippen LogP contribution in [-0.2, 0) is 13.0 Å². The number of aryl methyl sites for hydroxylation is 1. The van der Waals surface area contributed by atoms with Crippen molar-refractivity contribution in [2.45, 2.75) is 70.6 Å². The van der Waals surface area contributed by atoms with E-state index in [2.05, 4.69) is 0 Å². The summed E-state index contributed by atoms with van der Waals surface area (Å²) < 4.78 is 47.6. The molecule has 0 saturated heterocycles. The third-order valence-corrected chi connectivity index (χ3v) is 5.46. The Labute approximate surface area is 186 Å². The molecule has 32 heavy (non-hydrogen) atoms. The van der Waals surface area contributed by atoms with Crippen molar-refractivity contribution in [3.63, 3.8) is 0 Å². The average molecular weight is 447 g/mol. The first kappa shape index (κ1) is 23.9. The van der Waals surface area contributed by atoms with Gasteiger partial charge in [-0.05, 0) is 42.5 Å². The Morgan fingerprint density at radius 3 is 2.22 bits per heavy atom. The molecule has 172 valence electrons. The average Bonchev–Trinajstić information content (AvgIpc) is 2.76. The molecule has 0 N–H and O–H groups in total. The quantitative estimate of drug-likeness (QED) is 0.212. The fourth-order valence-corrected chi connectivity index (χ4v) is 3.77. The molecule has 0 spiro atoms. The van der Waals surface area contributed by atoms with E-state index in [1.54, 1.807) is 12.1 Å². The predicted octanol–water partition coefficient (Wildman–Crippen LogP) is 7.60. The van der Waals surface area contributed by atoms with Crippen LogP contribution in [0.4, 0.5) is 13.2 Å². The Kier molecular flexibility index (Phi) is 8.77. The van der Waals surface area contributed by atoms with Gasteiger partial charge in [0, 0.05) is 23.9 Å². The van der Waals surface area contributed by atoms with Crippen LogP contribution in [0.5, 0.6) is 5.75 Å². The zero-order chi connectivity index (χ0) is 22.8. The van der Waals surface area contributed by atoms with E-state index in [1.807, 2.05) is 42.5 Å². The Bertz CT molecular complexity index is 1030. The molecule has 0 fully saturated rings. The van der Waals surface area contributed by atoms with E-state index in [-0.39, 0.29) is 12.0 Å². The van der Waals surface area contributed by atoms with Gasteiger partial charge in [-0.25, -0.2) is 4.79 Å². The van der Waals surface area contributed by atoms with Gasteiger partial charge in [-0.1, -0.05) is 62.4 Å². The Hall–Kier alpha value is -2.76. The molecule has 0 radical (unpaired) electrons. The molecule has 3 rings (SSSR count). The van der Waals surface area contributed by atoms with Gasteiger partial charge in [0.1, 0.15) is 17.9 Å². The molecule has 0 atom stereocenters. The van der Waals surface area contributed by atoms with Crippen molar-refractivity contribution in [1.82, 2.24) is 0 Å². The normalized spacial score (nSPS) is 11.7. The first-order valence-corrected chi connectivity index (χ1v) is 11.2. The van der Waals surface area contributed by atoms with Crippen molar-refractivity contribution < 1.29 is 22.3 Å². The number of alkyl halides is 3. The van der Waals surface area contributed by atoms with Crippen molar-refractivity contribution in [3.8, 4) is 5.75 Å². The van der Waals surface area contributed by atoms with Gasteiger partial charge in [0.2, 0.25) is 0 Å². The minimum absolute atomic E-state index is 0.215. The van der Waals surface area contributed by atoms with E-state index >= 15 is 0 Å². The molecule has 1 heterocycles. The molecule has 2 aromatic carbocycles.